The average molecular weight is 547 g/mol. The number of hydrogen-bond donors (Lipinski definition) is 1. The minimum absolute atomic E-state index is 0.358. The molecule has 0 radical (unpaired) electrons. The number of hydrogen-bond acceptors (Lipinski definition) is 3. The number of allylic oxidation sites excluding steroid dienone is 6. The molecule has 2 aromatic carbocycles. The van der Waals surface area contributed by atoms with Crippen molar-refractivity contribution in [2.24, 2.45) is 0 Å². The molecule has 0 saturated carbocycles. The number of imidazole rings is 1. The number of aliphatic hydroxyl groups is 1. The predicted octanol–water partition coefficient (Wildman–Crippen LogP) is 8.13. The molecule has 36 heavy (non-hydrogen) atoms. The van der Waals surface area contributed by atoms with Crippen LogP contribution >= 0.6 is 35.0 Å². The zero-order valence-corrected chi connectivity index (χ0v) is 22.4. The average Bonchev–Trinajstić information content (AvgIpc) is 3.20. The molecule has 0 saturated heterocycles. The molecule has 188 valence electrons. The lowest BCUT2D eigenvalue weighted by Gasteiger charge is -2.30. The summed E-state index contributed by atoms with van der Waals surface area (Å²) in [5, 5.41) is 12.0. The van der Waals surface area contributed by atoms with E-state index in [2.05, 4.69) is 4.98 Å². The maximum Gasteiger partial charge on any atom is 0.168 e. The Hall–Kier alpha value is -2.38. The third-order valence-electron chi connectivity index (χ3n) is 6.20. The first-order valence-corrected chi connectivity index (χ1v) is 13.1. The highest BCUT2D eigenvalue weighted by atomic mass is 35.5. The highest BCUT2D eigenvalue weighted by Crippen LogP contribution is 2.40. The molecule has 1 atom stereocenters. The van der Waals surface area contributed by atoms with Crippen LogP contribution in [-0.2, 0) is 23.3 Å². The molecule has 0 amide bonds. The van der Waals surface area contributed by atoms with Crippen LogP contribution in [0.3, 0.4) is 0 Å². The molecular formula is C28H26Cl2F2N2OS. The molecule has 1 aliphatic rings. The van der Waals surface area contributed by atoms with Crippen LogP contribution in [0, 0.1) is 5.82 Å². The van der Waals surface area contributed by atoms with Gasteiger partial charge in [-0.3, -0.25) is 0 Å². The smallest absolute Gasteiger partial charge is 0.168 e. The van der Waals surface area contributed by atoms with Crippen LogP contribution in [-0.4, -0.2) is 14.7 Å². The number of rotatable bonds is 5. The lowest BCUT2D eigenvalue weighted by atomic mass is 9.78. The van der Waals surface area contributed by atoms with Crippen LogP contribution < -0.4 is 0 Å². The van der Waals surface area contributed by atoms with Crippen molar-refractivity contribution in [2.75, 3.05) is 0 Å². The summed E-state index contributed by atoms with van der Waals surface area (Å²) in [5.74, 6) is -0.254. The summed E-state index contributed by atoms with van der Waals surface area (Å²) in [7, 11) is 0. The van der Waals surface area contributed by atoms with E-state index in [0.29, 0.717) is 27.9 Å². The molecule has 3 nitrogen and oxygen atoms in total. The minimum Gasteiger partial charge on any atom is -0.386 e. The van der Waals surface area contributed by atoms with Gasteiger partial charge in [0, 0.05) is 27.9 Å². The van der Waals surface area contributed by atoms with Gasteiger partial charge in [0.1, 0.15) is 11.6 Å². The Bertz CT molecular complexity index is 1370. The number of nitrogens with zero attached hydrogens (tertiary/aromatic N) is 2. The number of halogens is 4. The Morgan fingerprint density at radius 3 is 2.61 bits per heavy atom. The molecule has 0 fully saturated rings. The van der Waals surface area contributed by atoms with Gasteiger partial charge in [-0.15, -0.1) is 0 Å². The minimum atomic E-state index is -1.09. The standard InChI is InChI=1S/C28H26Cl2F2N2OS/c1-27(2,35)22-11-9-19(14-24(22)30)28(3)12-4-6-20(31)7-5-13-34-25(28)16-33-26(34)36-17-18-8-10-21(32)15-23(18)29/h4-12,14-16,35H,13,17H2,1-3H3/b7-5-,12-4+,20-6+. The fourth-order valence-electron chi connectivity index (χ4n) is 4.17. The second-order valence-corrected chi connectivity index (χ2v) is 11.1. The molecule has 1 unspecified atom stereocenters. The number of aromatic nitrogens is 2. The highest BCUT2D eigenvalue weighted by molar-refractivity contribution is 7.98. The molecule has 1 N–H and O–H groups in total. The van der Waals surface area contributed by atoms with Crippen molar-refractivity contribution in [3.63, 3.8) is 0 Å². The van der Waals surface area contributed by atoms with E-state index in [1.165, 1.54) is 36.0 Å². The van der Waals surface area contributed by atoms with Crippen LogP contribution in [0.15, 0.2) is 84.0 Å². The summed E-state index contributed by atoms with van der Waals surface area (Å²) in [5.41, 5.74) is 1.38. The molecule has 0 aliphatic carbocycles. The van der Waals surface area contributed by atoms with E-state index in [4.69, 9.17) is 23.2 Å². The van der Waals surface area contributed by atoms with Gasteiger partial charge in [0.2, 0.25) is 0 Å². The Morgan fingerprint density at radius 2 is 1.92 bits per heavy atom. The van der Waals surface area contributed by atoms with Crippen molar-refractivity contribution >= 4 is 35.0 Å². The first-order chi connectivity index (χ1) is 17.0. The van der Waals surface area contributed by atoms with E-state index in [0.717, 1.165) is 22.0 Å². The third-order valence-corrected chi connectivity index (χ3v) is 7.90. The number of thioether (sulfide) groups is 1. The quantitative estimate of drug-likeness (QED) is 0.328. The monoisotopic (exact) mass is 546 g/mol. The molecule has 4 rings (SSSR count). The lowest BCUT2D eigenvalue weighted by molar-refractivity contribution is 0.0787. The van der Waals surface area contributed by atoms with Gasteiger partial charge in [-0.2, -0.15) is 0 Å². The summed E-state index contributed by atoms with van der Waals surface area (Å²) in [4.78, 5) is 4.68. The van der Waals surface area contributed by atoms with Crippen molar-refractivity contribution in [1.29, 1.82) is 0 Å². The van der Waals surface area contributed by atoms with E-state index in [-0.39, 0.29) is 11.6 Å². The van der Waals surface area contributed by atoms with E-state index in [9.17, 15) is 13.9 Å². The fourth-order valence-corrected chi connectivity index (χ4v) is 5.89. The summed E-state index contributed by atoms with van der Waals surface area (Å²) >= 11 is 14.3. The summed E-state index contributed by atoms with van der Waals surface area (Å²) in [6, 6.07) is 9.92. The second kappa shape index (κ2) is 10.5. The topological polar surface area (TPSA) is 38.0 Å². The van der Waals surface area contributed by atoms with E-state index in [1.54, 1.807) is 32.1 Å². The van der Waals surface area contributed by atoms with Gasteiger partial charge in [0.25, 0.3) is 0 Å². The van der Waals surface area contributed by atoms with Gasteiger partial charge in [0.15, 0.2) is 5.16 Å². The summed E-state index contributed by atoms with van der Waals surface area (Å²) < 4.78 is 29.8. The molecule has 1 aromatic heterocycles. The van der Waals surface area contributed by atoms with Crippen molar-refractivity contribution in [3.8, 4) is 0 Å². The predicted molar refractivity (Wildman–Crippen MR) is 144 cm³/mol. The maximum atomic E-state index is 14.3. The van der Waals surface area contributed by atoms with Crippen LogP contribution in [0.4, 0.5) is 8.78 Å². The van der Waals surface area contributed by atoms with Crippen molar-refractivity contribution < 1.29 is 13.9 Å². The van der Waals surface area contributed by atoms with Gasteiger partial charge in [-0.1, -0.05) is 71.4 Å². The number of benzene rings is 2. The largest absolute Gasteiger partial charge is 0.386 e. The van der Waals surface area contributed by atoms with Crippen molar-refractivity contribution in [1.82, 2.24) is 9.55 Å². The van der Waals surface area contributed by atoms with Gasteiger partial charge in [-0.25, -0.2) is 13.8 Å². The van der Waals surface area contributed by atoms with Gasteiger partial charge in [-0.05, 0) is 62.2 Å². The normalized spacial score (nSPS) is 21.4. The summed E-state index contributed by atoms with van der Waals surface area (Å²) in [6.45, 7) is 5.79. The van der Waals surface area contributed by atoms with Crippen LogP contribution in [0.5, 0.6) is 0 Å². The second-order valence-electron chi connectivity index (χ2n) is 9.33. The van der Waals surface area contributed by atoms with Crippen LogP contribution in [0.2, 0.25) is 10.0 Å². The Morgan fingerprint density at radius 1 is 1.14 bits per heavy atom. The van der Waals surface area contributed by atoms with E-state index in [1.807, 2.05) is 42.0 Å². The van der Waals surface area contributed by atoms with Gasteiger partial charge in [0.05, 0.1) is 22.9 Å². The molecule has 0 spiro atoms. The third kappa shape index (κ3) is 5.62. The first-order valence-electron chi connectivity index (χ1n) is 11.4. The van der Waals surface area contributed by atoms with Crippen molar-refractivity contribution in [3.05, 3.63) is 117 Å². The Balaban J connectivity index is 1.78. The first kappa shape index (κ1) is 26.7. The van der Waals surface area contributed by atoms with Gasteiger partial charge < -0.3 is 9.67 Å². The Labute approximate surface area is 224 Å². The van der Waals surface area contributed by atoms with Crippen molar-refractivity contribution in [2.45, 2.75) is 49.2 Å². The highest BCUT2D eigenvalue weighted by Gasteiger charge is 2.32. The molecule has 8 heteroatoms. The van der Waals surface area contributed by atoms with E-state index < -0.39 is 11.0 Å². The molecule has 0 bridgehead atoms. The SMILES string of the molecule is CC(C)(O)c1ccc(C2(C)/C=C/C=C(F)\C=C/Cn3c2cnc3SCc2ccc(F)cc2Cl)cc1Cl. The molecule has 1 aliphatic heterocycles. The summed E-state index contributed by atoms with van der Waals surface area (Å²) in [6.07, 6.45) is 10.0. The van der Waals surface area contributed by atoms with Crippen LogP contribution in [0.1, 0.15) is 43.2 Å². The lowest BCUT2D eigenvalue weighted by Crippen LogP contribution is -2.26. The Kier molecular flexibility index (Phi) is 7.81. The zero-order valence-electron chi connectivity index (χ0n) is 20.1. The fraction of sp³-hybridized carbons (Fsp3) is 0.250. The van der Waals surface area contributed by atoms with Gasteiger partial charge >= 0.3 is 0 Å². The molecule has 3 aromatic rings. The molecule has 2 heterocycles. The number of fused-ring (bicyclic) bond motifs is 1. The van der Waals surface area contributed by atoms with Crippen LogP contribution in [0.25, 0.3) is 0 Å². The zero-order chi connectivity index (χ0) is 26.1. The maximum absolute atomic E-state index is 14.3. The van der Waals surface area contributed by atoms with E-state index >= 15 is 0 Å². The molecular weight excluding hydrogens is 521 g/mol.